The first kappa shape index (κ1) is 27.6. The van der Waals surface area contributed by atoms with Crippen molar-refractivity contribution in [2.45, 2.75) is 38.5 Å². The molecule has 3 N–H and O–H groups in total. The normalized spacial score (nSPS) is 11.0. The highest BCUT2D eigenvalue weighted by molar-refractivity contribution is 9.10. The third-order valence-electron chi connectivity index (χ3n) is 5.07. The van der Waals surface area contributed by atoms with Gasteiger partial charge in [-0.15, -0.1) is 0 Å². The molecule has 0 aromatic heterocycles. The van der Waals surface area contributed by atoms with E-state index in [1.165, 1.54) is 12.1 Å². The first-order valence-electron chi connectivity index (χ1n) is 11.3. The highest BCUT2D eigenvalue weighted by Gasteiger charge is 2.15. The summed E-state index contributed by atoms with van der Waals surface area (Å²) in [6.45, 7) is 6.51. The Kier molecular flexibility index (Phi) is 9.47. The van der Waals surface area contributed by atoms with E-state index in [0.29, 0.717) is 33.8 Å². The van der Waals surface area contributed by atoms with Crippen LogP contribution in [0.3, 0.4) is 0 Å². The van der Waals surface area contributed by atoms with Crippen LogP contribution >= 0.6 is 28.1 Å². The van der Waals surface area contributed by atoms with Crippen molar-refractivity contribution in [3.63, 3.8) is 0 Å². The second-order valence-electron chi connectivity index (χ2n) is 8.26. The van der Waals surface area contributed by atoms with Crippen molar-refractivity contribution in [3.8, 4) is 5.75 Å². The maximum Gasteiger partial charge on any atom is 0.261 e. The number of thiocarbonyl (C=S) groups is 1. The van der Waals surface area contributed by atoms with Gasteiger partial charge in [-0.2, -0.15) is 0 Å². The number of unbranched alkanes of at least 4 members (excludes halogenated alkanes) is 1. The Bertz CT molecular complexity index is 1340. The standard InChI is InChI=1S/C26H28BrN3O4S2/c1-4-5-12-34-24-11-6-19(16-23(24)27)25(31)29-26(35)28-20-7-9-22(10-8-20)36(32,33)30-21-14-17(2)13-18(3)15-21/h6-11,13-16,30H,4-5,12H2,1-3H3,(H2,28,29,31,35). The Labute approximate surface area is 225 Å². The largest absolute Gasteiger partial charge is 0.492 e. The first-order valence-corrected chi connectivity index (χ1v) is 14.0. The van der Waals surface area contributed by atoms with Gasteiger partial charge in [0.2, 0.25) is 0 Å². The lowest BCUT2D eigenvalue weighted by molar-refractivity contribution is 0.0977. The minimum Gasteiger partial charge on any atom is -0.492 e. The van der Waals surface area contributed by atoms with E-state index < -0.39 is 10.0 Å². The van der Waals surface area contributed by atoms with Crippen LogP contribution in [-0.2, 0) is 10.0 Å². The molecule has 3 aromatic rings. The lowest BCUT2D eigenvalue weighted by Gasteiger charge is -2.13. The van der Waals surface area contributed by atoms with Crippen molar-refractivity contribution in [2.24, 2.45) is 0 Å². The quantitative estimate of drug-likeness (QED) is 0.204. The zero-order valence-electron chi connectivity index (χ0n) is 20.2. The van der Waals surface area contributed by atoms with Crippen LogP contribution in [0, 0.1) is 13.8 Å². The van der Waals surface area contributed by atoms with Gasteiger partial charge in [0.15, 0.2) is 5.11 Å². The van der Waals surface area contributed by atoms with E-state index in [4.69, 9.17) is 17.0 Å². The summed E-state index contributed by atoms with van der Waals surface area (Å²) in [7, 11) is -3.76. The molecule has 3 aromatic carbocycles. The summed E-state index contributed by atoms with van der Waals surface area (Å²) in [6, 6.07) is 16.7. The van der Waals surface area contributed by atoms with Gasteiger partial charge in [-0.1, -0.05) is 19.4 Å². The summed E-state index contributed by atoms with van der Waals surface area (Å²) < 4.78 is 34.5. The molecule has 7 nitrogen and oxygen atoms in total. The predicted octanol–water partition coefficient (Wildman–Crippen LogP) is 6.17. The molecular weight excluding hydrogens is 562 g/mol. The molecule has 0 unspecified atom stereocenters. The SMILES string of the molecule is CCCCOc1ccc(C(=O)NC(=S)Nc2ccc(S(=O)(=O)Nc3cc(C)cc(C)c3)cc2)cc1Br. The number of carbonyl (C=O) groups is 1. The van der Waals surface area contributed by atoms with E-state index in [1.807, 2.05) is 19.9 Å². The number of amides is 1. The predicted molar refractivity (Wildman–Crippen MR) is 151 cm³/mol. The van der Waals surface area contributed by atoms with E-state index in [1.54, 1.807) is 42.5 Å². The number of carbonyl (C=O) groups excluding carboxylic acids is 1. The fourth-order valence-electron chi connectivity index (χ4n) is 3.39. The minimum absolute atomic E-state index is 0.0864. The lowest BCUT2D eigenvalue weighted by Crippen LogP contribution is -2.34. The molecule has 0 saturated carbocycles. The zero-order chi connectivity index (χ0) is 26.3. The monoisotopic (exact) mass is 589 g/mol. The van der Waals surface area contributed by atoms with Crippen molar-refractivity contribution in [3.05, 3.63) is 81.8 Å². The molecule has 0 aliphatic carbocycles. The highest BCUT2D eigenvalue weighted by atomic mass is 79.9. The maximum atomic E-state index is 12.8. The van der Waals surface area contributed by atoms with Crippen LogP contribution in [-0.4, -0.2) is 26.0 Å². The number of halogens is 1. The number of aryl methyl sites for hydroxylation is 2. The Balaban J connectivity index is 1.59. The smallest absolute Gasteiger partial charge is 0.261 e. The van der Waals surface area contributed by atoms with Gasteiger partial charge < -0.3 is 10.1 Å². The van der Waals surface area contributed by atoms with Crippen molar-refractivity contribution >= 4 is 60.6 Å². The van der Waals surface area contributed by atoms with Crippen LogP contribution in [0.4, 0.5) is 11.4 Å². The third kappa shape index (κ3) is 7.78. The molecule has 0 fully saturated rings. The number of rotatable bonds is 9. The molecule has 1 amide bonds. The van der Waals surface area contributed by atoms with E-state index >= 15 is 0 Å². The number of hydrogen-bond donors (Lipinski definition) is 3. The van der Waals surface area contributed by atoms with Gasteiger partial charge >= 0.3 is 0 Å². The molecule has 190 valence electrons. The van der Waals surface area contributed by atoms with Crippen LogP contribution in [0.5, 0.6) is 5.75 Å². The van der Waals surface area contributed by atoms with E-state index in [0.717, 1.165) is 24.0 Å². The Morgan fingerprint density at radius 1 is 0.972 bits per heavy atom. The van der Waals surface area contributed by atoms with Crippen molar-refractivity contribution in [2.75, 3.05) is 16.6 Å². The Morgan fingerprint density at radius 3 is 2.25 bits per heavy atom. The van der Waals surface area contributed by atoms with Gasteiger partial charge in [-0.3, -0.25) is 14.8 Å². The van der Waals surface area contributed by atoms with E-state index in [2.05, 4.69) is 38.2 Å². The summed E-state index contributed by atoms with van der Waals surface area (Å²) >= 11 is 8.68. The van der Waals surface area contributed by atoms with E-state index in [-0.39, 0.29) is 15.9 Å². The van der Waals surface area contributed by atoms with Crippen molar-refractivity contribution < 1.29 is 17.9 Å². The Hall–Kier alpha value is -2.95. The van der Waals surface area contributed by atoms with Crippen LogP contribution in [0.2, 0.25) is 0 Å². The molecule has 0 aliphatic rings. The van der Waals surface area contributed by atoms with Crippen LogP contribution in [0.25, 0.3) is 0 Å². The highest BCUT2D eigenvalue weighted by Crippen LogP contribution is 2.26. The van der Waals surface area contributed by atoms with Gasteiger partial charge in [0.1, 0.15) is 5.75 Å². The molecule has 0 spiro atoms. The number of ether oxygens (including phenoxy) is 1. The fraction of sp³-hybridized carbons (Fsp3) is 0.231. The number of sulfonamides is 1. The average molecular weight is 591 g/mol. The summed E-state index contributed by atoms with van der Waals surface area (Å²) in [6.07, 6.45) is 1.98. The molecule has 0 atom stereocenters. The molecule has 36 heavy (non-hydrogen) atoms. The van der Waals surface area contributed by atoms with Crippen molar-refractivity contribution in [1.82, 2.24) is 5.32 Å². The summed E-state index contributed by atoms with van der Waals surface area (Å²) in [4.78, 5) is 12.7. The van der Waals surface area contributed by atoms with Crippen LogP contribution < -0.4 is 20.1 Å². The molecule has 0 radical (unpaired) electrons. The summed E-state index contributed by atoms with van der Waals surface area (Å²) in [5.41, 5.74) is 3.38. The van der Waals surface area contributed by atoms with E-state index in [9.17, 15) is 13.2 Å². The van der Waals surface area contributed by atoms with Gasteiger partial charge in [0.25, 0.3) is 15.9 Å². The number of nitrogens with one attached hydrogen (secondary N) is 3. The molecule has 0 bridgehead atoms. The molecule has 0 saturated heterocycles. The number of anilines is 2. The molecule has 0 aliphatic heterocycles. The third-order valence-corrected chi connectivity index (χ3v) is 7.29. The first-order chi connectivity index (χ1) is 17.1. The minimum atomic E-state index is -3.76. The van der Waals surface area contributed by atoms with Crippen molar-refractivity contribution in [1.29, 1.82) is 0 Å². The number of hydrogen-bond acceptors (Lipinski definition) is 5. The van der Waals surface area contributed by atoms with Gasteiger partial charge in [-0.05, 0) is 114 Å². The van der Waals surface area contributed by atoms with Gasteiger partial charge in [0, 0.05) is 16.9 Å². The van der Waals surface area contributed by atoms with Crippen LogP contribution in [0.15, 0.2) is 70.0 Å². The van der Waals surface area contributed by atoms with Crippen LogP contribution in [0.1, 0.15) is 41.3 Å². The fourth-order valence-corrected chi connectivity index (χ4v) is 5.13. The maximum absolute atomic E-state index is 12.8. The summed E-state index contributed by atoms with van der Waals surface area (Å²) in [5.74, 6) is 0.285. The number of benzene rings is 3. The van der Waals surface area contributed by atoms with Gasteiger partial charge in [0.05, 0.1) is 16.0 Å². The second kappa shape index (κ2) is 12.3. The molecule has 3 rings (SSSR count). The molecular formula is C26H28BrN3O4S2. The Morgan fingerprint density at radius 2 is 1.64 bits per heavy atom. The molecule has 10 heteroatoms. The van der Waals surface area contributed by atoms with Gasteiger partial charge in [-0.25, -0.2) is 8.42 Å². The average Bonchev–Trinajstić information content (AvgIpc) is 2.79. The summed E-state index contributed by atoms with van der Waals surface area (Å²) in [5, 5.41) is 5.60. The topological polar surface area (TPSA) is 96.5 Å². The second-order valence-corrected chi connectivity index (χ2v) is 11.2. The zero-order valence-corrected chi connectivity index (χ0v) is 23.4. The molecule has 0 heterocycles. The lowest BCUT2D eigenvalue weighted by atomic mass is 10.1.